The van der Waals surface area contributed by atoms with Gasteiger partial charge in [-0.2, -0.15) is 0 Å². The molecule has 0 bridgehead atoms. The highest BCUT2D eigenvalue weighted by molar-refractivity contribution is 5.98. The van der Waals surface area contributed by atoms with E-state index in [1.54, 1.807) is 0 Å². The fourth-order valence-electron chi connectivity index (χ4n) is 2.95. The Hall–Kier alpha value is -1.59. The normalized spacial score (nSPS) is 24.1. The van der Waals surface area contributed by atoms with Crippen molar-refractivity contribution in [2.75, 3.05) is 7.05 Å². The lowest BCUT2D eigenvalue weighted by molar-refractivity contribution is 0.0288. The molecule has 1 aromatic carbocycles. The first-order valence-electron chi connectivity index (χ1n) is 7.07. The molecule has 0 aromatic heterocycles. The number of aliphatic hydroxyl groups excluding tert-OH is 1. The standard InChI is InChI=1S/C15H23N3O2/c1-18(13-8-4-5-9-14(13)19)10-11-6-2-3-7-12(11)15(16)17-20/h2-3,6-7,13-14,19-20H,4-5,8-10H2,1H3,(H2,16,17). The van der Waals surface area contributed by atoms with Crippen molar-refractivity contribution in [2.24, 2.45) is 10.9 Å². The lowest BCUT2D eigenvalue weighted by atomic mass is 9.91. The summed E-state index contributed by atoms with van der Waals surface area (Å²) in [5.41, 5.74) is 7.45. The molecule has 1 aliphatic rings. The molecule has 0 amide bonds. The molecule has 1 fully saturated rings. The minimum absolute atomic E-state index is 0.123. The Balaban J connectivity index is 2.13. The van der Waals surface area contributed by atoms with Crippen molar-refractivity contribution in [3.8, 4) is 0 Å². The summed E-state index contributed by atoms with van der Waals surface area (Å²) in [4.78, 5) is 2.16. The van der Waals surface area contributed by atoms with Crippen LogP contribution in [0.15, 0.2) is 29.4 Å². The molecular formula is C15H23N3O2. The largest absolute Gasteiger partial charge is 0.409 e. The summed E-state index contributed by atoms with van der Waals surface area (Å²) in [6.45, 7) is 0.675. The molecule has 20 heavy (non-hydrogen) atoms. The number of benzene rings is 1. The highest BCUT2D eigenvalue weighted by atomic mass is 16.4. The van der Waals surface area contributed by atoms with E-state index in [2.05, 4.69) is 10.1 Å². The van der Waals surface area contributed by atoms with Crippen LogP contribution >= 0.6 is 0 Å². The Morgan fingerprint density at radius 1 is 1.35 bits per heavy atom. The van der Waals surface area contributed by atoms with Crippen molar-refractivity contribution in [3.05, 3.63) is 35.4 Å². The second-order valence-electron chi connectivity index (χ2n) is 5.48. The zero-order valence-corrected chi connectivity index (χ0v) is 11.9. The summed E-state index contributed by atoms with van der Waals surface area (Å²) < 4.78 is 0. The number of aliphatic hydroxyl groups is 1. The maximum Gasteiger partial charge on any atom is 0.170 e. The van der Waals surface area contributed by atoms with Gasteiger partial charge in [0.1, 0.15) is 0 Å². The van der Waals surface area contributed by atoms with Gasteiger partial charge in [-0.05, 0) is 25.5 Å². The number of amidine groups is 1. The number of likely N-dealkylation sites (N-methyl/N-ethyl adjacent to an activating group) is 1. The van der Waals surface area contributed by atoms with Crippen LogP contribution in [0.3, 0.4) is 0 Å². The lowest BCUT2D eigenvalue weighted by Crippen LogP contribution is -2.43. The fraction of sp³-hybridized carbons (Fsp3) is 0.533. The Kier molecular flexibility index (Phi) is 4.98. The third kappa shape index (κ3) is 3.29. The van der Waals surface area contributed by atoms with Gasteiger partial charge in [-0.25, -0.2) is 0 Å². The fourth-order valence-corrected chi connectivity index (χ4v) is 2.95. The van der Waals surface area contributed by atoms with E-state index in [4.69, 9.17) is 10.9 Å². The molecule has 0 radical (unpaired) electrons. The number of hydrogen-bond donors (Lipinski definition) is 3. The third-order valence-electron chi connectivity index (χ3n) is 4.08. The molecule has 1 saturated carbocycles. The highest BCUT2D eigenvalue weighted by Crippen LogP contribution is 2.24. The Morgan fingerprint density at radius 2 is 2.05 bits per heavy atom. The van der Waals surface area contributed by atoms with Gasteiger partial charge < -0.3 is 16.0 Å². The average Bonchev–Trinajstić information content (AvgIpc) is 2.47. The van der Waals surface area contributed by atoms with Gasteiger partial charge in [-0.3, -0.25) is 4.90 Å². The highest BCUT2D eigenvalue weighted by Gasteiger charge is 2.26. The topological polar surface area (TPSA) is 82.1 Å². The molecule has 110 valence electrons. The van der Waals surface area contributed by atoms with Crippen molar-refractivity contribution in [1.82, 2.24) is 4.90 Å². The van der Waals surface area contributed by atoms with Crippen molar-refractivity contribution >= 4 is 5.84 Å². The van der Waals surface area contributed by atoms with E-state index in [-0.39, 0.29) is 18.0 Å². The SMILES string of the molecule is CN(Cc1ccccc1/C(N)=N/O)C1CCCCC1O. The van der Waals surface area contributed by atoms with Crippen LogP contribution in [0.4, 0.5) is 0 Å². The molecule has 0 aliphatic heterocycles. The summed E-state index contributed by atoms with van der Waals surface area (Å²) in [5.74, 6) is 0.123. The molecule has 5 nitrogen and oxygen atoms in total. The first-order chi connectivity index (χ1) is 9.63. The Morgan fingerprint density at radius 3 is 2.75 bits per heavy atom. The van der Waals surface area contributed by atoms with E-state index >= 15 is 0 Å². The first kappa shape index (κ1) is 14.8. The molecule has 2 atom stereocenters. The number of oxime groups is 1. The zero-order valence-electron chi connectivity index (χ0n) is 11.9. The number of nitrogens with two attached hydrogens (primary N) is 1. The molecule has 1 aromatic rings. The molecule has 0 saturated heterocycles. The summed E-state index contributed by atoms with van der Waals surface area (Å²) in [7, 11) is 2.02. The molecular weight excluding hydrogens is 254 g/mol. The summed E-state index contributed by atoms with van der Waals surface area (Å²) in [6, 6.07) is 7.80. The molecule has 1 aliphatic carbocycles. The smallest absolute Gasteiger partial charge is 0.170 e. The molecule has 5 heteroatoms. The van der Waals surface area contributed by atoms with E-state index in [0.717, 1.165) is 36.8 Å². The third-order valence-corrected chi connectivity index (χ3v) is 4.08. The van der Waals surface area contributed by atoms with E-state index in [0.29, 0.717) is 6.54 Å². The summed E-state index contributed by atoms with van der Waals surface area (Å²) >= 11 is 0. The van der Waals surface area contributed by atoms with Crippen LogP contribution < -0.4 is 5.73 Å². The quantitative estimate of drug-likeness (QED) is 0.337. The maximum atomic E-state index is 10.1. The molecule has 2 unspecified atom stereocenters. The Labute approximate surface area is 119 Å². The molecule has 4 N–H and O–H groups in total. The van der Waals surface area contributed by atoms with Crippen molar-refractivity contribution in [1.29, 1.82) is 0 Å². The van der Waals surface area contributed by atoms with Crippen molar-refractivity contribution in [3.63, 3.8) is 0 Å². The van der Waals surface area contributed by atoms with Crippen LogP contribution in [0.1, 0.15) is 36.8 Å². The lowest BCUT2D eigenvalue weighted by Gasteiger charge is -2.35. The van der Waals surface area contributed by atoms with Crippen LogP contribution in [0, 0.1) is 0 Å². The van der Waals surface area contributed by atoms with Gasteiger partial charge in [0.15, 0.2) is 5.84 Å². The van der Waals surface area contributed by atoms with Crippen LogP contribution in [0.2, 0.25) is 0 Å². The van der Waals surface area contributed by atoms with Gasteiger partial charge >= 0.3 is 0 Å². The van der Waals surface area contributed by atoms with E-state index in [1.165, 1.54) is 0 Å². The molecule has 0 spiro atoms. The van der Waals surface area contributed by atoms with Crippen LogP contribution in [0.5, 0.6) is 0 Å². The maximum absolute atomic E-state index is 10.1. The van der Waals surface area contributed by atoms with E-state index in [9.17, 15) is 5.11 Å². The predicted molar refractivity (Wildman–Crippen MR) is 78.7 cm³/mol. The van der Waals surface area contributed by atoms with Gasteiger partial charge in [0, 0.05) is 18.2 Å². The predicted octanol–water partition coefficient (Wildman–Crippen LogP) is 1.52. The van der Waals surface area contributed by atoms with Crippen LogP contribution in [0.25, 0.3) is 0 Å². The average molecular weight is 277 g/mol. The van der Waals surface area contributed by atoms with Gasteiger partial charge in [0.2, 0.25) is 0 Å². The van der Waals surface area contributed by atoms with Crippen molar-refractivity contribution in [2.45, 2.75) is 44.4 Å². The summed E-state index contributed by atoms with van der Waals surface area (Å²) in [5, 5.41) is 22.0. The van der Waals surface area contributed by atoms with Gasteiger partial charge in [-0.15, -0.1) is 0 Å². The summed E-state index contributed by atoms with van der Waals surface area (Å²) in [6.07, 6.45) is 3.89. The van der Waals surface area contributed by atoms with Crippen molar-refractivity contribution < 1.29 is 10.3 Å². The minimum Gasteiger partial charge on any atom is -0.409 e. The monoisotopic (exact) mass is 277 g/mol. The minimum atomic E-state index is -0.259. The molecule has 2 rings (SSSR count). The number of rotatable bonds is 4. The number of nitrogens with zero attached hydrogens (tertiary/aromatic N) is 2. The molecule has 0 heterocycles. The van der Waals surface area contributed by atoms with Gasteiger partial charge in [-0.1, -0.05) is 42.3 Å². The zero-order chi connectivity index (χ0) is 14.5. The van der Waals surface area contributed by atoms with Gasteiger partial charge in [0.25, 0.3) is 0 Å². The second-order valence-corrected chi connectivity index (χ2v) is 5.48. The van der Waals surface area contributed by atoms with Crippen LogP contribution in [-0.4, -0.2) is 40.2 Å². The number of hydrogen-bond acceptors (Lipinski definition) is 4. The van der Waals surface area contributed by atoms with E-state index in [1.807, 2.05) is 31.3 Å². The van der Waals surface area contributed by atoms with Gasteiger partial charge in [0.05, 0.1) is 6.10 Å². The second kappa shape index (κ2) is 6.72. The van der Waals surface area contributed by atoms with E-state index < -0.39 is 0 Å². The Bertz CT molecular complexity index is 476. The first-order valence-corrected chi connectivity index (χ1v) is 7.07. The van der Waals surface area contributed by atoms with Crippen LogP contribution in [-0.2, 0) is 6.54 Å².